The van der Waals surface area contributed by atoms with Gasteiger partial charge in [0.05, 0.1) is 16.3 Å². The third-order valence-corrected chi connectivity index (χ3v) is 6.05. The summed E-state index contributed by atoms with van der Waals surface area (Å²) in [4.78, 5) is 14.1. The molecule has 29 heavy (non-hydrogen) atoms. The van der Waals surface area contributed by atoms with Gasteiger partial charge in [-0.15, -0.1) is 11.3 Å². The Morgan fingerprint density at radius 3 is 2.83 bits per heavy atom. The Labute approximate surface area is 175 Å². The first-order valence-electron chi connectivity index (χ1n) is 9.15. The number of aromatic nitrogens is 5. The molecule has 10 heteroatoms. The van der Waals surface area contributed by atoms with E-state index in [-0.39, 0.29) is 11.7 Å². The number of fused-ring (bicyclic) bond motifs is 1. The maximum atomic E-state index is 13.2. The van der Waals surface area contributed by atoms with E-state index in [1.807, 2.05) is 24.5 Å². The number of aryl methyl sites for hydroxylation is 1. The summed E-state index contributed by atoms with van der Waals surface area (Å²) in [7, 11) is 0. The largest absolute Gasteiger partial charge is 0.351 e. The first-order chi connectivity index (χ1) is 14.0. The van der Waals surface area contributed by atoms with Crippen LogP contribution in [0.5, 0.6) is 0 Å². The van der Waals surface area contributed by atoms with Gasteiger partial charge in [0, 0.05) is 24.9 Å². The normalized spacial score (nSPS) is 11.3. The first kappa shape index (κ1) is 19.5. The minimum absolute atomic E-state index is 0.145. The highest BCUT2D eigenvalue weighted by atomic mass is 32.1. The van der Waals surface area contributed by atoms with Gasteiger partial charge in [0.1, 0.15) is 16.5 Å². The van der Waals surface area contributed by atoms with E-state index in [2.05, 4.69) is 20.6 Å². The van der Waals surface area contributed by atoms with Crippen LogP contribution in [0.2, 0.25) is 0 Å². The molecule has 7 nitrogen and oxygen atoms in total. The van der Waals surface area contributed by atoms with Gasteiger partial charge in [-0.3, -0.25) is 9.89 Å². The van der Waals surface area contributed by atoms with E-state index in [9.17, 15) is 9.18 Å². The summed E-state index contributed by atoms with van der Waals surface area (Å²) in [6.07, 6.45) is 0.583. The zero-order chi connectivity index (χ0) is 20.5. The lowest BCUT2D eigenvalue weighted by Gasteiger charge is -2.05. The minimum atomic E-state index is -0.301. The van der Waals surface area contributed by atoms with Gasteiger partial charge in [-0.05, 0) is 56.4 Å². The number of hydrogen-bond acceptors (Lipinski definition) is 5. The number of H-pyrrole nitrogens is 1. The van der Waals surface area contributed by atoms with Gasteiger partial charge in [0.2, 0.25) is 0 Å². The Morgan fingerprint density at radius 2 is 2.10 bits per heavy atom. The van der Waals surface area contributed by atoms with Crippen molar-refractivity contribution in [1.82, 2.24) is 29.9 Å². The minimum Gasteiger partial charge on any atom is -0.351 e. The van der Waals surface area contributed by atoms with Gasteiger partial charge in [0.15, 0.2) is 4.77 Å². The van der Waals surface area contributed by atoms with Crippen molar-refractivity contribution in [2.45, 2.75) is 26.8 Å². The quantitative estimate of drug-likeness (QED) is 0.456. The molecule has 0 aliphatic carbocycles. The molecule has 3 aromatic heterocycles. The lowest BCUT2D eigenvalue weighted by Crippen LogP contribution is -2.25. The second-order valence-electron chi connectivity index (χ2n) is 6.50. The van der Waals surface area contributed by atoms with Crippen molar-refractivity contribution in [3.63, 3.8) is 0 Å². The number of rotatable bonds is 6. The van der Waals surface area contributed by atoms with E-state index in [0.717, 1.165) is 34.0 Å². The summed E-state index contributed by atoms with van der Waals surface area (Å²) in [6.45, 7) is 5.07. The molecule has 0 aliphatic heterocycles. The number of nitrogens with one attached hydrogen (secondary N) is 2. The lowest BCUT2D eigenvalue weighted by atomic mass is 10.3. The van der Waals surface area contributed by atoms with E-state index >= 15 is 0 Å². The third kappa shape index (κ3) is 3.73. The van der Waals surface area contributed by atoms with Crippen molar-refractivity contribution in [3.8, 4) is 5.69 Å². The molecule has 2 N–H and O–H groups in total. The average Bonchev–Trinajstić information content (AvgIpc) is 3.38. The van der Waals surface area contributed by atoms with Gasteiger partial charge in [-0.2, -0.15) is 10.2 Å². The van der Waals surface area contributed by atoms with Gasteiger partial charge in [0.25, 0.3) is 5.91 Å². The highest BCUT2D eigenvalue weighted by Gasteiger charge is 2.17. The zero-order valence-corrected chi connectivity index (χ0v) is 17.5. The molecule has 4 rings (SSSR count). The molecule has 0 spiro atoms. The van der Waals surface area contributed by atoms with Crippen LogP contribution in [-0.2, 0) is 13.0 Å². The number of aromatic amines is 1. The number of nitrogens with zero attached hydrogens (tertiary/aromatic N) is 4. The molecule has 150 valence electrons. The molecule has 1 aromatic carbocycles. The van der Waals surface area contributed by atoms with Gasteiger partial charge >= 0.3 is 0 Å². The first-order valence-corrected chi connectivity index (χ1v) is 10.4. The summed E-state index contributed by atoms with van der Waals surface area (Å²) in [6, 6.07) is 7.97. The molecule has 1 amide bonds. The van der Waals surface area contributed by atoms with Crippen LogP contribution < -0.4 is 5.32 Å². The van der Waals surface area contributed by atoms with Gasteiger partial charge in [-0.25, -0.2) is 9.07 Å². The Balaban J connectivity index is 1.52. The van der Waals surface area contributed by atoms with Gasteiger partial charge in [-0.1, -0.05) is 0 Å². The van der Waals surface area contributed by atoms with Crippen LogP contribution in [0.3, 0.4) is 0 Å². The summed E-state index contributed by atoms with van der Waals surface area (Å²) >= 11 is 6.54. The average molecular weight is 431 g/mol. The third-order valence-electron chi connectivity index (χ3n) is 4.63. The summed E-state index contributed by atoms with van der Waals surface area (Å²) in [5, 5.41) is 15.4. The van der Waals surface area contributed by atoms with E-state index in [1.54, 1.807) is 16.8 Å². The Hall–Kier alpha value is -2.85. The molecule has 0 saturated carbocycles. The second kappa shape index (κ2) is 7.88. The molecule has 0 aliphatic rings. The number of thiophene rings is 1. The van der Waals surface area contributed by atoms with E-state index in [1.165, 1.54) is 23.5 Å². The van der Waals surface area contributed by atoms with Crippen LogP contribution in [0.1, 0.15) is 28.1 Å². The molecule has 0 saturated heterocycles. The molecule has 4 aromatic rings. The summed E-state index contributed by atoms with van der Waals surface area (Å²) < 4.78 is 17.5. The van der Waals surface area contributed by atoms with E-state index in [0.29, 0.717) is 22.6 Å². The van der Waals surface area contributed by atoms with Crippen LogP contribution in [0, 0.1) is 17.5 Å². The number of carbonyl (C=O) groups excluding carboxylic acids is 1. The Morgan fingerprint density at radius 1 is 1.34 bits per heavy atom. The molecule has 0 atom stereocenters. The fourth-order valence-corrected chi connectivity index (χ4v) is 4.54. The van der Waals surface area contributed by atoms with E-state index < -0.39 is 0 Å². The molecule has 0 unspecified atom stereocenters. The highest BCUT2D eigenvalue weighted by Crippen LogP contribution is 2.30. The molecule has 0 bridgehead atoms. The van der Waals surface area contributed by atoms with Crippen molar-refractivity contribution in [3.05, 3.63) is 57.3 Å². The zero-order valence-electron chi connectivity index (χ0n) is 15.9. The fourth-order valence-electron chi connectivity index (χ4n) is 3.16. The lowest BCUT2D eigenvalue weighted by molar-refractivity contribution is 0.0958. The van der Waals surface area contributed by atoms with Crippen molar-refractivity contribution in [2.24, 2.45) is 0 Å². The van der Waals surface area contributed by atoms with Crippen LogP contribution in [0.25, 0.3) is 15.9 Å². The highest BCUT2D eigenvalue weighted by molar-refractivity contribution is 7.71. The molecule has 0 radical (unpaired) electrons. The SMILES string of the molecule is CCn1c(CCNC(=O)c2cc3c(C)nn(-c4ccc(F)cc4)c3s2)n[nH]c1=S. The molecule has 3 heterocycles. The maximum Gasteiger partial charge on any atom is 0.261 e. The molecular formula is C19H19FN6OS2. The summed E-state index contributed by atoms with van der Waals surface area (Å²) in [5.74, 6) is 0.370. The summed E-state index contributed by atoms with van der Waals surface area (Å²) in [5.41, 5.74) is 1.57. The van der Waals surface area contributed by atoms with Gasteiger partial charge < -0.3 is 9.88 Å². The van der Waals surface area contributed by atoms with Crippen LogP contribution in [-0.4, -0.2) is 37.0 Å². The van der Waals surface area contributed by atoms with Crippen LogP contribution in [0.4, 0.5) is 4.39 Å². The second-order valence-corrected chi connectivity index (χ2v) is 7.92. The Kier molecular flexibility index (Phi) is 5.29. The number of amides is 1. The molecular weight excluding hydrogens is 411 g/mol. The topological polar surface area (TPSA) is 80.5 Å². The monoisotopic (exact) mass is 430 g/mol. The predicted molar refractivity (Wildman–Crippen MR) is 113 cm³/mol. The van der Waals surface area contributed by atoms with Crippen LogP contribution >= 0.6 is 23.6 Å². The maximum absolute atomic E-state index is 13.2. The van der Waals surface area contributed by atoms with Crippen LogP contribution in [0.15, 0.2) is 30.3 Å². The fraction of sp³-hybridized carbons (Fsp3) is 0.263. The number of halogens is 1. The smallest absolute Gasteiger partial charge is 0.261 e. The van der Waals surface area contributed by atoms with Crippen molar-refractivity contribution >= 4 is 39.7 Å². The van der Waals surface area contributed by atoms with Crippen molar-refractivity contribution in [2.75, 3.05) is 6.54 Å². The van der Waals surface area contributed by atoms with Crippen molar-refractivity contribution < 1.29 is 9.18 Å². The van der Waals surface area contributed by atoms with E-state index in [4.69, 9.17) is 12.2 Å². The number of carbonyl (C=O) groups is 1. The number of hydrogen-bond donors (Lipinski definition) is 2. The predicted octanol–water partition coefficient (Wildman–Crippen LogP) is 3.78. The standard InChI is InChI=1S/C19H19FN6OS2/c1-3-25-16(22-23-19(25)28)8-9-21-17(27)15-10-14-11(2)24-26(18(14)29-15)13-6-4-12(20)5-7-13/h4-7,10H,3,8-9H2,1-2H3,(H,21,27)(H,23,28). The number of benzene rings is 1. The molecule has 0 fully saturated rings. The van der Waals surface area contributed by atoms with Crippen molar-refractivity contribution in [1.29, 1.82) is 0 Å². The Bertz CT molecular complexity index is 1230.